The van der Waals surface area contributed by atoms with Crippen molar-refractivity contribution in [3.63, 3.8) is 0 Å². The Labute approximate surface area is 183 Å². The summed E-state index contributed by atoms with van der Waals surface area (Å²) in [5.74, 6) is 2.17. The van der Waals surface area contributed by atoms with Crippen LogP contribution in [0.2, 0.25) is 0 Å². The summed E-state index contributed by atoms with van der Waals surface area (Å²) in [5, 5.41) is 8.20. The number of methoxy groups -OCH3 is 2. The van der Waals surface area contributed by atoms with Gasteiger partial charge in [0.1, 0.15) is 10.8 Å². The molecule has 4 aromatic rings. The predicted octanol–water partition coefficient (Wildman–Crippen LogP) is 3.72. The minimum Gasteiger partial charge on any atom is -0.493 e. The first kappa shape index (κ1) is 20.8. The van der Waals surface area contributed by atoms with Crippen LogP contribution < -0.4 is 14.8 Å². The van der Waals surface area contributed by atoms with E-state index in [1.165, 1.54) is 11.8 Å². The molecule has 0 saturated heterocycles. The molecule has 8 nitrogen and oxygen atoms in total. The van der Waals surface area contributed by atoms with Gasteiger partial charge in [0.05, 0.1) is 39.0 Å². The molecule has 0 spiro atoms. The largest absolute Gasteiger partial charge is 0.493 e. The Balaban J connectivity index is 1.56. The van der Waals surface area contributed by atoms with E-state index in [-0.39, 0.29) is 11.7 Å². The van der Waals surface area contributed by atoms with E-state index >= 15 is 0 Å². The maximum absolute atomic E-state index is 12.2. The third-order valence-electron chi connectivity index (χ3n) is 4.65. The average Bonchev–Trinajstić information content (AvgIpc) is 3.45. The van der Waals surface area contributed by atoms with Crippen LogP contribution in [0.5, 0.6) is 11.5 Å². The highest BCUT2D eigenvalue weighted by molar-refractivity contribution is 7.99. The summed E-state index contributed by atoms with van der Waals surface area (Å²) in [6.07, 6.45) is 3.35. The second-order valence-electron chi connectivity index (χ2n) is 6.74. The molecule has 0 fully saturated rings. The summed E-state index contributed by atoms with van der Waals surface area (Å²) >= 11 is 1.40. The molecule has 0 aliphatic carbocycles. The Morgan fingerprint density at radius 3 is 2.77 bits per heavy atom. The van der Waals surface area contributed by atoms with E-state index in [0.29, 0.717) is 29.5 Å². The van der Waals surface area contributed by atoms with Crippen LogP contribution in [0.4, 0.5) is 0 Å². The number of aryl methyl sites for hydroxylation is 1. The first-order valence-corrected chi connectivity index (χ1v) is 10.6. The maximum atomic E-state index is 12.2. The van der Waals surface area contributed by atoms with Gasteiger partial charge in [-0.2, -0.15) is 5.10 Å². The van der Waals surface area contributed by atoms with Gasteiger partial charge in [0.2, 0.25) is 5.91 Å². The number of hydrogen-bond acceptors (Lipinski definition) is 7. The number of nitrogens with one attached hydrogen (secondary N) is 1. The Morgan fingerprint density at radius 2 is 2.03 bits per heavy atom. The standard InChI is InChI=1S/C22H22N4O4S/c1-14-9-21(31-13-20(27)23-11-16-5-4-8-30-16)26-22(25-14)17(12-24-26)15-6-7-18(28-2)19(10-15)29-3/h4-10,12H,11,13H2,1-3H3,(H,23,27). The van der Waals surface area contributed by atoms with Gasteiger partial charge in [-0.15, -0.1) is 0 Å². The van der Waals surface area contributed by atoms with Crippen LogP contribution in [0.25, 0.3) is 16.8 Å². The molecule has 0 aliphatic heterocycles. The quantitative estimate of drug-likeness (QED) is 0.331. The fourth-order valence-electron chi connectivity index (χ4n) is 3.15. The number of carbonyl (C=O) groups is 1. The van der Waals surface area contributed by atoms with Crippen molar-refractivity contribution < 1.29 is 18.7 Å². The number of rotatable bonds is 8. The van der Waals surface area contributed by atoms with E-state index < -0.39 is 0 Å². The molecule has 0 bridgehead atoms. The lowest BCUT2D eigenvalue weighted by molar-refractivity contribution is -0.118. The van der Waals surface area contributed by atoms with Crippen molar-refractivity contribution in [3.05, 3.63) is 60.3 Å². The second kappa shape index (κ2) is 9.13. The lowest BCUT2D eigenvalue weighted by Crippen LogP contribution is -2.24. The van der Waals surface area contributed by atoms with Crippen LogP contribution in [0.15, 0.2) is 58.3 Å². The molecule has 1 N–H and O–H groups in total. The van der Waals surface area contributed by atoms with Crippen LogP contribution >= 0.6 is 11.8 Å². The number of fused-ring (bicyclic) bond motifs is 1. The lowest BCUT2D eigenvalue weighted by Gasteiger charge is -2.10. The highest BCUT2D eigenvalue weighted by Crippen LogP contribution is 2.34. The van der Waals surface area contributed by atoms with Gasteiger partial charge < -0.3 is 19.2 Å². The van der Waals surface area contributed by atoms with Gasteiger partial charge in [-0.1, -0.05) is 17.8 Å². The molecule has 0 radical (unpaired) electrons. The summed E-state index contributed by atoms with van der Waals surface area (Å²) in [7, 11) is 3.21. The van der Waals surface area contributed by atoms with Gasteiger partial charge >= 0.3 is 0 Å². The third kappa shape index (κ3) is 4.51. The van der Waals surface area contributed by atoms with E-state index in [9.17, 15) is 4.79 Å². The molecule has 160 valence electrons. The fourth-order valence-corrected chi connectivity index (χ4v) is 4.04. The van der Waals surface area contributed by atoms with Gasteiger partial charge in [-0.25, -0.2) is 9.50 Å². The summed E-state index contributed by atoms with van der Waals surface area (Å²) in [5.41, 5.74) is 3.34. The molecule has 0 atom stereocenters. The monoisotopic (exact) mass is 438 g/mol. The number of nitrogens with zero attached hydrogens (tertiary/aromatic N) is 3. The van der Waals surface area contributed by atoms with Gasteiger partial charge in [0.25, 0.3) is 0 Å². The average molecular weight is 439 g/mol. The molecule has 4 rings (SSSR count). The Kier molecular flexibility index (Phi) is 6.13. The molecule has 1 aromatic carbocycles. The SMILES string of the molecule is COc1ccc(-c2cnn3c(SCC(=O)NCc4ccco4)cc(C)nc23)cc1OC. The first-order chi connectivity index (χ1) is 15.1. The zero-order valence-corrected chi connectivity index (χ0v) is 18.2. The van der Waals surface area contributed by atoms with Crippen molar-refractivity contribution in [2.75, 3.05) is 20.0 Å². The molecule has 1 amide bonds. The Bertz CT molecular complexity index is 1200. The number of hydrogen-bond donors (Lipinski definition) is 1. The van der Waals surface area contributed by atoms with E-state index in [1.807, 2.05) is 37.3 Å². The van der Waals surface area contributed by atoms with Crippen LogP contribution in [-0.2, 0) is 11.3 Å². The van der Waals surface area contributed by atoms with E-state index in [1.54, 1.807) is 37.3 Å². The first-order valence-electron chi connectivity index (χ1n) is 9.58. The number of aromatic nitrogens is 3. The van der Waals surface area contributed by atoms with Crippen LogP contribution in [-0.4, -0.2) is 40.5 Å². The number of furan rings is 1. The number of benzene rings is 1. The zero-order chi connectivity index (χ0) is 21.8. The smallest absolute Gasteiger partial charge is 0.230 e. The van der Waals surface area contributed by atoms with Crippen molar-refractivity contribution in [1.82, 2.24) is 19.9 Å². The Hall–Kier alpha value is -3.46. The van der Waals surface area contributed by atoms with Crippen molar-refractivity contribution in [2.45, 2.75) is 18.5 Å². The third-order valence-corrected chi connectivity index (χ3v) is 5.65. The van der Waals surface area contributed by atoms with Crippen LogP contribution in [0.3, 0.4) is 0 Å². The number of thioether (sulfide) groups is 1. The summed E-state index contributed by atoms with van der Waals surface area (Å²) in [6, 6.07) is 11.2. The van der Waals surface area contributed by atoms with Gasteiger partial charge in [0.15, 0.2) is 17.1 Å². The molecule has 9 heteroatoms. The number of amides is 1. The molecule has 0 saturated carbocycles. The highest BCUT2D eigenvalue weighted by Gasteiger charge is 2.15. The highest BCUT2D eigenvalue weighted by atomic mass is 32.2. The number of carbonyl (C=O) groups excluding carboxylic acids is 1. The molecule has 3 heterocycles. The van der Waals surface area contributed by atoms with Crippen LogP contribution in [0.1, 0.15) is 11.5 Å². The molecular weight excluding hydrogens is 416 g/mol. The van der Waals surface area contributed by atoms with Gasteiger partial charge in [-0.3, -0.25) is 4.79 Å². The molecule has 3 aromatic heterocycles. The fraction of sp³-hybridized carbons (Fsp3) is 0.227. The van der Waals surface area contributed by atoms with Crippen LogP contribution in [0, 0.1) is 6.92 Å². The molecule has 0 aliphatic rings. The number of ether oxygens (including phenoxy) is 2. The Morgan fingerprint density at radius 1 is 1.19 bits per heavy atom. The van der Waals surface area contributed by atoms with E-state index in [4.69, 9.17) is 13.9 Å². The summed E-state index contributed by atoms with van der Waals surface area (Å²) in [4.78, 5) is 16.9. The van der Waals surface area contributed by atoms with Crippen molar-refractivity contribution in [1.29, 1.82) is 0 Å². The maximum Gasteiger partial charge on any atom is 0.230 e. The van der Waals surface area contributed by atoms with Gasteiger partial charge in [0, 0.05) is 11.3 Å². The normalized spacial score (nSPS) is 10.9. The van der Waals surface area contributed by atoms with E-state index in [2.05, 4.69) is 15.4 Å². The van der Waals surface area contributed by atoms with Crippen molar-refractivity contribution in [2.24, 2.45) is 0 Å². The van der Waals surface area contributed by atoms with Crippen molar-refractivity contribution >= 4 is 23.3 Å². The van der Waals surface area contributed by atoms with Gasteiger partial charge in [-0.05, 0) is 42.8 Å². The molecular formula is C22H22N4O4S. The second-order valence-corrected chi connectivity index (χ2v) is 7.74. The zero-order valence-electron chi connectivity index (χ0n) is 17.4. The lowest BCUT2D eigenvalue weighted by atomic mass is 10.1. The minimum absolute atomic E-state index is 0.0868. The van der Waals surface area contributed by atoms with Crippen molar-refractivity contribution in [3.8, 4) is 22.6 Å². The molecule has 31 heavy (non-hydrogen) atoms. The predicted molar refractivity (Wildman–Crippen MR) is 118 cm³/mol. The summed E-state index contributed by atoms with van der Waals surface area (Å²) < 4.78 is 17.7. The molecule has 0 unspecified atom stereocenters. The minimum atomic E-state index is -0.0868. The summed E-state index contributed by atoms with van der Waals surface area (Å²) in [6.45, 7) is 2.29. The topological polar surface area (TPSA) is 90.9 Å². The van der Waals surface area contributed by atoms with E-state index in [0.717, 1.165) is 21.8 Å².